The number of hydrogen-bond acceptors (Lipinski definition) is 3. The first-order chi connectivity index (χ1) is 8.37. The zero-order chi connectivity index (χ0) is 13.3. The lowest BCUT2D eigenvalue weighted by molar-refractivity contribution is -0.0237. The Morgan fingerprint density at radius 1 is 1.28 bits per heavy atom. The van der Waals surface area contributed by atoms with Gasteiger partial charge in [-0.25, -0.2) is 13.8 Å². The monoisotopic (exact) mass is 316 g/mol. The first-order valence-electron chi connectivity index (χ1n) is 5.28. The van der Waals surface area contributed by atoms with Gasteiger partial charge in [-0.1, -0.05) is 0 Å². The summed E-state index contributed by atoms with van der Waals surface area (Å²) < 4.78 is 31.4. The third-order valence-electron chi connectivity index (χ3n) is 2.29. The maximum atomic E-state index is 12.8. The molecule has 6 heteroatoms. The topological polar surface area (TPSA) is 35.0 Å². The molecule has 0 fully saturated rings. The third kappa shape index (κ3) is 2.93. The lowest BCUT2D eigenvalue weighted by atomic mass is 10.2. The van der Waals surface area contributed by atoms with E-state index in [1.165, 1.54) is 6.20 Å². The lowest BCUT2D eigenvalue weighted by Crippen LogP contribution is -2.21. The van der Waals surface area contributed by atoms with Crippen LogP contribution in [-0.4, -0.2) is 22.5 Å². The molecule has 0 aliphatic rings. The van der Waals surface area contributed by atoms with E-state index in [1.54, 1.807) is 6.20 Å². The van der Waals surface area contributed by atoms with E-state index in [4.69, 9.17) is 4.74 Å². The van der Waals surface area contributed by atoms with E-state index in [-0.39, 0.29) is 5.88 Å². The summed E-state index contributed by atoms with van der Waals surface area (Å²) in [5.41, 5.74) is 0.834. The Balaban J connectivity index is 2.43. The SMILES string of the molecule is Cc1cc2c(Br)cnc(OCC(C)(F)F)c2cn1. The third-order valence-corrected chi connectivity index (χ3v) is 2.92. The van der Waals surface area contributed by atoms with Crippen LogP contribution in [0.3, 0.4) is 0 Å². The molecule has 0 radical (unpaired) electrons. The largest absolute Gasteiger partial charge is 0.471 e. The molecule has 0 atom stereocenters. The average molecular weight is 317 g/mol. The normalized spacial score (nSPS) is 11.8. The molecule has 2 aromatic rings. The van der Waals surface area contributed by atoms with Gasteiger partial charge in [0.1, 0.15) is 0 Å². The van der Waals surface area contributed by atoms with Crippen LogP contribution in [0, 0.1) is 6.92 Å². The second-order valence-electron chi connectivity index (χ2n) is 4.14. The van der Waals surface area contributed by atoms with Crippen LogP contribution in [-0.2, 0) is 0 Å². The van der Waals surface area contributed by atoms with Crippen molar-refractivity contribution in [1.29, 1.82) is 0 Å². The summed E-state index contributed by atoms with van der Waals surface area (Å²) in [7, 11) is 0. The minimum absolute atomic E-state index is 0.169. The molecule has 2 aromatic heterocycles. The molecule has 0 aliphatic carbocycles. The second kappa shape index (κ2) is 4.76. The highest BCUT2D eigenvalue weighted by Crippen LogP contribution is 2.30. The number of aryl methyl sites for hydroxylation is 1. The Morgan fingerprint density at radius 3 is 2.67 bits per heavy atom. The van der Waals surface area contributed by atoms with Gasteiger partial charge in [0.25, 0.3) is 5.92 Å². The summed E-state index contributed by atoms with van der Waals surface area (Å²) in [5.74, 6) is -2.72. The molecule has 0 saturated carbocycles. The van der Waals surface area contributed by atoms with Crippen LogP contribution in [0.1, 0.15) is 12.6 Å². The summed E-state index contributed by atoms with van der Waals surface area (Å²) in [6, 6.07) is 1.85. The van der Waals surface area contributed by atoms with Gasteiger partial charge in [-0.05, 0) is 28.9 Å². The Kier molecular flexibility index (Phi) is 3.47. The van der Waals surface area contributed by atoms with Crippen molar-refractivity contribution in [1.82, 2.24) is 9.97 Å². The highest BCUT2D eigenvalue weighted by molar-refractivity contribution is 9.10. The van der Waals surface area contributed by atoms with Crippen LogP contribution >= 0.6 is 15.9 Å². The van der Waals surface area contributed by atoms with Gasteiger partial charge in [0.2, 0.25) is 5.88 Å². The van der Waals surface area contributed by atoms with Gasteiger partial charge in [0, 0.05) is 34.9 Å². The van der Waals surface area contributed by atoms with Crippen LogP contribution in [0.4, 0.5) is 8.78 Å². The molecule has 0 amide bonds. The van der Waals surface area contributed by atoms with Crippen molar-refractivity contribution in [2.24, 2.45) is 0 Å². The fourth-order valence-corrected chi connectivity index (χ4v) is 1.92. The Bertz CT molecular complexity index is 584. The predicted octanol–water partition coefficient (Wildman–Crippen LogP) is 3.73. The molecule has 0 aromatic carbocycles. The van der Waals surface area contributed by atoms with E-state index in [2.05, 4.69) is 25.9 Å². The van der Waals surface area contributed by atoms with E-state index in [9.17, 15) is 8.78 Å². The van der Waals surface area contributed by atoms with E-state index in [0.717, 1.165) is 22.5 Å². The Morgan fingerprint density at radius 2 is 2.00 bits per heavy atom. The summed E-state index contributed by atoms with van der Waals surface area (Å²) in [4.78, 5) is 8.12. The summed E-state index contributed by atoms with van der Waals surface area (Å²) in [6.07, 6.45) is 3.11. The number of aromatic nitrogens is 2. The average Bonchev–Trinajstić information content (AvgIpc) is 2.27. The lowest BCUT2D eigenvalue weighted by Gasteiger charge is -2.13. The number of halogens is 3. The first-order valence-corrected chi connectivity index (χ1v) is 6.07. The first kappa shape index (κ1) is 13.1. The van der Waals surface area contributed by atoms with Crippen molar-refractivity contribution in [2.75, 3.05) is 6.61 Å². The maximum absolute atomic E-state index is 12.8. The van der Waals surface area contributed by atoms with E-state index >= 15 is 0 Å². The van der Waals surface area contributed by atoms with Crippen LogP contribution in [0.25, 0.3) is 10.8 Å². The quantitative estimate of drug-likeness (QED) is 0.865. The molecule has 0 aliphatic heterocycles. The molecule has 96 valence electrons. The van der Waals surface area contributed by atoms with Crippen molar-refractivity contribution in [3.05, 3.63) is 28.6 Å². The van der Waals surface area contributed by atoms with Gasteiger partial charge >= 0.3 is 0 Å². The molecule has 0 N–H and O–H groups in total. The molecular weight excluding hydrogens is 306 g/mol. The van der Waals surface area contributed by atoms with Gasteiger partial charge < -0.3 is 4.74 Å². The van der Waals surface area contributed by atoms with E-state index in [0.29, 0.717) is 5.39 Å². The van der Waals surface area contributed by atoms with Crippen molar-refractivity contribution in [3.63, 3.8) is 0 Å². The molecule has 3 nitrogen and oxygen atoms in total. The van der Waals surface area contributed by atoms with E-state index < -0.39 is 12.5 Å². The second-order valence-corrected chi connectivity index (χ2v) is 5.00. The summed E-state index contributed by atoms with van der Waals surface area (Å²) in [5, 5.41) is 1.45. The van der Waals surface area contributed by atoms with E-state index in [1.807, 2.05) is 13.0 Å². The predicted molar refractivity (Wildman–Crippen MR) is 68.1 cm³/mol. The molecule has 2 heterocycles. The highest BCUT2D eigenvalue weighted by Gasteiger charge is 2.23. The molecular formula is C12H11BrF2N2O. The van der Waals surface area contributed by atoms with Crippen molar-refractivity contribution < 1.29 is 13.5 Å². The van der Waals surface area contributed by atoms with Gasteiger partial charge in [-0.3, -0.25) is 4.98 Å². The molecule has 0 spiro atoms. The highest BCUT2D eigenvalue weighted by atomic mass is 79.9. The fourth-order valence-electron chi connectivity index (χ4n) is 1.49. The maximum Gasteiger partial charge on any atom is 0.278 e. The number of alkyl halides is 2. The van der Waals surface area contributed by atoms with Crippen molar-refractivity contribution in [2.45, 2.75) is 19.8 Å². The number of hydrogen-bond donors (Lipinski definition) is 0. The molecule has 0 bridgehead atoms. The zero-order valence-corrected chi connectivity index (χ0v) is 11.5. The van der Waals surface area contributed by atoms with Gasteiger partial charge in [0.05, 0.1) is 5.39 Å². The van der Waals surface area contributed by atoms with Crippen LogP contribution in [0.2, 0.25) is 0 Å². The van der Waals surface area contributed by atoms with Crippen molar-refractivity contribution >= 4 is 26.7 Å². The van der Waals surface area contributed by atoms with Crippen molar-refractivity contribution in [3.8, 4) is 5.88 Å². The Hall–Kier alpha value is -1.30. The molecule has 18 heavy (non-hydrogen) atoms. The standard InChI is InChI=1S/C12H11BrF2N2O/c1-7-3-8-9(4-16-7)11(17-5-10(8)13)18-6-12(2,14)15/h3-5H,6H2,1-2H3. The number of ether oxygens (including phenoxy) is 1. The van der Waals surface area contributed by atoms with Crippen LogP contribution < -0.4 is 4.74 Å². The fraction of sp³-hybridized carbons (Fsp3) is 0.333. The minimum atomic E-state index is -2.89. The summed E-state index contributed by atoms with van der Waals surface area (Å²) in [6.45, 7) is 1.95. The Labute approximate surface area is 111 Å². The zero-order valence-electron chi connectivity index (χ0n) is 9.88. The summed E-state index contributed by atoms with van der Waals surface area (Å²) >= 11 is 3.36. The number of fused-ring (bicyclic) bond motifs is 1. The number of nitrogens with zero attached hydrogens (tertiary/aromatic N) is 2. The number of pyridine rings is 2. The molecule has 0 saturated heterocycles. The van der Waals surface area contributed by atoms with Crippen LogP contribution in [0.15, 0.2) is 22.9 Å². The molecule has 2 rings (SSSR count). The number of rotatable bonds is 3. The minimum Gasteiger partial charge on any atom is -0.471 e. The molecule has 0 unspecified atom stereocenters. The smallest absolute Gasteiger partial charge is 0.278 e. The van der Waals surface area contributed by atoms with Gasteiger partial charge in [-0.2, -0.15) is 0 Å². The van der Waals surface area contributed by atoms with Crippen LogP contribution in [0.5, 0.6) is 5.88 Å². The van der Waals surface area contributed by atoms with Gasteiger partial charge in [0.15, 0.2) is 6.61 Å². The van der Waals surface area contributed by atoms with Gasteiger partial charge in [-0.15, -0.1) is 0 Å².